The number of guanidine groups is 1. The Morgan fingerprint density at radius 1 is 1.12 bits per heavy atom. The fourth-order valence-corrected chi connectivity index (χ4v) is 4.57. The molecular weight excluding hydrogens is 314 g/mol. The van der Waals surface area contributed by atoms with Gasteiger partial charge < -0.3 is 15.0 Å². The van der Waals surface area contributed by atoms with Crippen LogP contribution in [0.25, 0.3) is 0 Å². The van der Waals surface area contributed by atoms with Crippen molar-refractivity contribution in [1.29, 1.82) is 0 Å². The first-order valence-corrected chi connectivity index (χ1v) is 10.3. The Morgan fingerprint density at radius 2 is 1.96 bits per heavy atom. The highest BCUT2D eigenvalue weighted by Gasteiger charge is 2.28. The zero-order valence-corrected chi connectivity index (χ0v) is 16.3. The summed E-state index contributed by atoms with van der Waals surface area (Å²) in [5, 5.41) is 3.67. The second kappa shape index (κ2) is 9.74. The molecule has 6 heteroatoms. The van der Waals surface area contributed by atoms with Crippen molar-refractivity contribution in [2.45, 2.75) is 38.6 Å². The lowest BCUT2D eigenvalue weighted by Crippen LogP contribution is -2.49. The maximum absolute atomic E-state index is 5.46. The van der Waals surface area contributed by atoms with Crippen molar-refractivity contribution in [2.24, 2.45) is 10.9 Å². The summed E-state index contributed by atoms with van der Waals surface area (Å²) in [6.07, 6.45) is 5.32. The standard InChI is InChI=1S/C19H37N5O/c1-3-23-8-5-4-6-18(23)14-21-19(20-2)24-9-7-17(16-24)15-22-10-12-25-13-11-22/h17-18H,3-16H2,1-2H3,(H,20,21). The topological polar surface area (TPSA) is 43.3 Å². The third-order valence-corrected chi connectivity index (χ3v) is 6.07. The molecule has 25 heavy (non-hydrogen) atoms. The summed E-state index contributed by atoms with van der Waals surface area (Å²) in [5.41, 5.74) is 0. The molecule has 144 valence electrons. The van der Waals surface area contributed by atoms with Crippen LogP contribution in [0.15, 0.2) is 4.99 Å². The molecule has 0 aliphatic carbocycles. The number of hydrogen-bond donors (Lipinski definition) is 1. The summed E-state index contributed by atoms with van der Waals surface area (Å²) < 4.78 is 5.46. The lowest BCUT2D eigenvalue weighted by Gasteiger charge is -2.36. The smallest absolute Gasteiger partial charge is 0.193 e. The second-order valence-corrected chi connectivity index (χ2v) is 7.72. The largest absolute Gasteiger partial charge is 0.379 e. The van der Waals surface area contributed by atoms with Gasteiger partial charge in [0.1, 0.15) is 0 Å². The summed E-state index contributed by atoms with van der Waals surface area (Å²) >= 11 is 0. The number of likely N-dealkylation sites (N-methyl/N-ethyl adjacent to an activating group) is 1. The van der Waals surface area contributed by atoms with Crippen LogP contribution in [0.2, 0.25) is 0 Å². The molecular formula is C19H37N5O. The zero-order chi connectivity index (χ0) is 17.5. The van der Waals surface area contributed by atoms with Crippen LogP contribution in [0.1, 0.15) is 32.6 Å². The molecule has 0 radical (unpaired) electrons. The maximum atomic E-state index is 5.46. The van der Waals surface area contributed by atoms with E-state index in [1.54, 1.807) is 0 Å². The van der Waals surface area contributed by atoms with Crippen LogP contribution < -0.4 is 5.32 Å². The molecule has 3 heterocycles. The first-order chi connectivity index (χ1) is 12.3. The van der Waals surface area contributed by atoms with Crippen LogP contribution >= 0.6 is 0 Å². The molecule has 3 saturated heterocycles. The van der Waals surface area contributed by atoms with Crippen LogP contribution in [0.5, 0.6) is 0 Å². The summed E-state index contributed by atoms with van der Waals surface area (Å²) in [4.78, 5) is 12.2. The third kappa shape index (κ3) is 5.31. The second-order valence-electron chi connectivity index (χ2n) is 7.72. The Kier molecular flexibility index (Phi) is 7.37. The van der Waals surface area contributed by atoms with E-state index in [1.165, 1.54) is 38.8 Å². The molecule has 0 bridgehead atoms. The predicted molar refractivity (Wildman–Crippen MR) is 103 cm³/mol. The van der Waals surface area contributed by atoms with E-state index in [1.807, 2.05) is 7.05 Å². The SMILES string of the molecule is CCN1CCCCC1CNC(=NC)N1CCC(CN2CCOCC2)C1. The highest BCUT2D eigenvalue weighted by atomic mass is 16.5. The number of ether oxygens (including phenoxy) is 1. The fraction of sp³-hybridized carbons (Fsp3) is 0.947. The zero-order valence-electron chi connectivity index (χ0n) is 16.3. The van der Waals surface area contributed by atoms with E-state index in [0.717, 1.165) is 64.4 Å². The first-order valence-electron chi connectivity index (χ1n) is 10.3. The van der Waals surface area contributed by atoms with E-state index < -0.39 is 0 Å². The van der Waals surface area contributed by atoms with Crippen LogP contribution in [-0.4, -0.2) is 99.3 Å². The van der Waals surface area contributed by atoms with Crippen molar-refractivity contribution in [2.75, 3.05) is 72.6 Å². The van der Waals surface area contributed by atoms with Crippen molar-refractivity contribution in [3.63, 3.8) is 0 Å². The van der Waals surface area contributed by atoms with Gasteiger partial charge in [0.25, 0.3) is 0 Å². The van der Waals surface area contributed by atoms with Gasteiger partial charge in [-0.1, -0.05) is 13.3 Å². The van der Waals surface area contributed by atoms with Gasteiger partial charge >= 0.3 is 0 Å². The van der Waals surface area contributed by atoms with Crippen molar-refractivity contribution >= 4 is 5.96 Å². The molecule has 0 saturated carbocycles. The molecule has 0 spiro atoms. The molecule has 2 unspecified atom stereocenters. The molecule has 3 aliphatic rings. The molecule has 0 amide bonds. The number of aliphatic imine (C=N–C) groups is 1. The summed E-state index contributed by atoms with van der Waals surface area (Å²) in [7, 11) is 1.93. The minimum Gasteiger partial charge on any atom is -0.379 e. The van der Waals surface area contributed by atoms with Crippen molar-refractivity contribution in [3.05, 3.63) is 0 Å². The van der Waals surface area contributed by atoms with Crippen LogP contribution in [-0.2, 0) is 4.74 Å². The normalized spacial score (nSPS) is 30.0. The highest BCUT2D eigenvalue weighted by Crippen LogP contribution is 2.19. The van der Waals surface area contributed by atoms with Gasteiger partial charge in [-0.05, 0) is 38.3 Å². The summed E-state index contributed by atoms with van der Waals surface area (Å²) in [5.74, 6) is 1.87. The van der Waals surface area contributed by atoms with E-state index in [-0.39, 0.29) is 0 Å². The Hall–Kier alpha value is -0.850. The number of piperidine rings is 1. The number of nitrogens with one attached hydrogen (secondary N) is 1. The van der Waals surface area contributed by atoms with Gasteiger partial charge in [0.05, 0.1) is 13.2 Å². The summed E-state index contributed by atoms with van der Waals surface area (Å²) in [6, 6.07) is 0.669. The number of rotatable bonds is 5. The monoisotopic (exact) mass is 351 g/mol. The number of hydrogen-bond acceptors (Lipinski definition) is 4. The number of morpholine rings is 1. The molecule has 3 rings (SSSR count). The molecule has 0 aromatic carbocycles. The maximum Gasteiger partial charge on any atom is 0.193 e. The quantitative estimate of drug-likeness (QED) is 0.593. The van der Waals surface area contributed by atoms with Gasteiger partial charge in [-0.2, -0.15) is 0 Å². The van der Waals surface area contributed by atoms with Gasteiger partial charge in [0.15, 0.2) is 5.96 Å². The Bertz CT molecular complexity index is 424. The van der Waals surface area contributed by atoms with Gasteiger partial charge in [0.2, 0.25) is 0 Å². The molecule has 1 N–H and O–H groups in total. The van der Waals surface area contributed by atoms with E-state index in [0.29, 0.717) is 6.04 Å². The minimum atomic E-state index is 0.669. The van der Waals surface area contributed by atoms with E-state index in [9.17, 15) is 0 Å². The van der Waals surface area contributed by atoms with Crippen molar-refractivity contribution in [3.8, 4) is 0 Å². The first kappa shape index (κ1) is 18.9. The third-order valence-electron chi connectivity index (χ3n) is 6.07. The van der Waals surface area contributed by atoms with Gasteiger partial charge in [-0.15, -0.1) is 0 Å². The molecule has 0 aromatic heterocycles. The Labute approximate surface area is 153 Å². The van der Waals surface area contributed by atoms with Gasteiger partial charge in [-0.3, -0.25) is 14.8 Å². The van der Waals surface area contributed by atoms with E-state index in [2.05, 4.69) is 31.9 Å². The van der Waals surface area contributed by atoms with Crippen LogP contribution in [0, 0.1) is 5.92 Å². The van der Waals surface area contributed by atoms with Gasteiger partial charge in [0, 0.05) is 52.4 Å². The van der Waals surface area contributed by atoms with E-state index >= 15 is 0 Å². The summed E-state index contributed by atoms with van der Waals surface area (Å²) in [6.45, 7) is 13.2. The van der Waals surface area contributed by atoms with Crippen LogP contribution in [0.4, 0.5) is 0 Å². The fourth-order valence-electron chi connectivity index (χ4n) is 4.57. The van der Waals surface area contributed by atoms with Gasteiger partial charge in [-0.25, -0.2) is 0 Å². The average Bonchev–Trinajstić information content (AvgIpc) is 3.11. The Morgan fingerprint density at radius 3 is 2.72 bits per heavy atom. The number of nitrogens with zero attached hydrogens (tertiary/aromatic N) is 4. The highest BCUT2D eigenvalue weighted by molar-refractivity contribution is 5.80. The molecule has 2 atom stereocenters. The average molecular weight is 352 g/mol. The van der Waals surface area contributed by atoms with Crippen molar-refractivity contribution < 1.29 is 4.74 Å². The Balaban J connectivity index is 1.43. The molecule has 3 aliphatic heterocycles. The lowest BCUT2D eigenvalue weighted by atomic mass is 10.0. The molecule has 0 aromatic rings. The lowest BCUT2D eigenvalue weighted by molar-refractivity contribution is 0.0315. The predicted octanol–water partition coefficient (Wildman–Crippen LogP) is 1.09. The van der Waals surface area contributed by atoms with E-state index in [4.69, 9.17) is 4.74 Å². The van der Waals surface area contributed by atoms with Crippen molar-refractivity contribution in [1.82, 2.24) is 20.0 Å². The molecule has 3 fully saturated rings. The minimum absolute atomic E-state index is 0.669. The van der Waals surface area contributed by atoms with Crippen LogP contribution in [0.3, 0.4) is 0 Å². The number of likely N-dealkylation sites (tertiary alicyclic amines) is 2. The molecule has 6 nitrogen and oxygen atoms in total.